The maximum atomic E-state index is 12.3. The van der Waals surface area contributed by atoms with E-state index in [2.05, 4.69) is 19.9 Å². The third-order valence-corrected chi connectivity index (χ3v) is 5.10. The molecule has 126 valence electrons. The Morgan fingerprint density at radius 1 is 1.30 bits per heavy atom. The molecule has 0 bridgehead atoms. The normalized spacial score (nSPS) is 25.3. The summed E-state index contributed by atoms with van der Waals surface area (Å²) in [6.07, 6.45) is 3.01. The van der Waals surface area contributed by atoms with Crippen molar-refractivity contribution in [3.05, 3.63) is 29.8 Å². The molecule has 1 aliphatic heterocycles. The molecule has 1 aromatic carbocycles. The van der Waals surface area contributed by atoms with Gasteiger partial charge in [-0.15, -0.1) is 0 Å². The molecule has 0 aromatic heterocycles. The molecule has 1 heterocycles. The van der Waals surface area contributed by atoms with Crippen LogP contribution in [0.15, 0.2) is 24.3 Å². The van der Waals surface area contributed by atoms with Crippen molar-refractivity contribution in [3.8, 4) is 5.75 Å². The molecule has 1 N–H and O–H groups in total. The molecule has 0 radical (unpaired) electrons. The van der Waals surface area contributed by atoms with Gasteiger partial charge in [-0.25, -0.2) is 0 Å². The lowest BCUT2D eigenvalue weighted by atomic mass is 9.84. The van der Waals surface area contributed by atoms with Crippen LogP contribution in [-0.2, 0) is 4.79 Å². The SMILES string of the molecule is CC(C)c1cccc(O[C@@H]2CCN(C(=O)C3CCC3)C[C@H]2O)c1. The minimum absolute atomic E-state index is 0.197. The van der Waals surface area contributed by atoms with Crippen LogP contribution in [0.25, 0.3) is 0 Å². The second-order valence-electron chi connectivity index (χ2n) is 7.15. The Morgan fingerprint density at radius 2 is 2.09 bits per heavy atom. The zero-order chi connectivity index (χ0) is 16.4. The van der Waals surface area contributed by atoms with Crippen LogP contribution in [0.2, 0.25) is 0 Å². The number of hydrogen-bond donors (Lipinski definition) is 1. The van der Waals surface area contributed by atoms with Crippen molar-refractivity contribution in [2.75, 3.05) is 13.1 Å². The van der Waals surface area contributed by atoms with Crippen LogP contribution < -0.4 is 4.74 Å². The third kappa shape index (κ3) is 3.69. The highest BCUT2D eigenvalue weighted by molar-refractivity contribution is 5.79. The molecule has 1 saturated heterocycles. The molecule has 0 unspecified atom stereocenters. The van der Waals surface area contributed by atoms with Crippen molar-refractivity contribution >= 4 is 5.91 Å². The van der Waals surface area contributed by atoms with Gasteiger partial charge in [0.1, 0.15) is 18.0 Å². The Bertz CT molecular complexity index is 553. The van der Waals surface area contributed by atoms with E-state index in [1.807, 2.05) is 23.1 Å². The minimum atomic E-state index is -0.615. The molecular weight excluding hydrogens is 290 g/mol. The topological polar surface area (TPSA) is 49.8 Å². The number of carbonyl (C=O) groups excluding carboxylic acids is 1. The van der Waals surface area contributed by atoms with Gasteiger partial charge in [0, 0.05) is 18.9 Å². The van der Waals surface area contributed by atoms with E-state index in [-0.39, 0.29) is 17.9 Å². The predicted octanol–water partition coefficient (Wildman–Crippen LogP) is 2.95. The number of rotatable bonds is 4. The number of nitrogens with zero attached hydrogens (tertiary/aromatic N) is 1. The van der Waals surface area contributed by atoms with Crippen LogP contribution >= 0.6 is 0 Å². The van der Waals surface area contributed by atoms with E-state index >= 15 is 0 Å². The first-order chi connectivity index (χ1) is 11.0. The Balaban J connectivity index is 1.58. The summed E-state index contributed by atoms with van der Waals surface area (Å²) in [7, 11) is 0. The monoisotopic (exact) mass is 317 g/mol. The average molecular weight is 317 g/mol. The minimum Gasteiger partial charge on any atom is -0.488 e. The van der Waals surface area contributed by atoms with Crippen LogP contribution in [0, 0.1) is 5.92 Å². The van der Waals surface area contributed by atoms with Crippen LogP contribution in [0.1, 0.15) is 51.0 Å². The summed E-state index contributed by atoms with van der Waals surface area (Å²) in [5.74, 6) is 1.67. The van der Waals surface area contributed by atoms with Crippen molar-refractivity contribution in [2.24, 2.45) is 5.92 Å². The van der Waals surface area contributed by atoms with Gasteiger partial charge in [0.15, 0.2) is 0 Å². The first-order valence-electron chi connectivity index (χ1n) is 8.78. The predicted molar refractivity (Wildman–Crippen MR) is 89.5 cm³/mol. The molecule has 2 atom stereocenters. The largest absolute Gasteiger partial charge is 0.488 e. The van der Waals surface area contributed by atoms with E-state index in [1.54, 1.807) is 0 Å². The van der Waals surface area contributed by atoms with Gasteiger partial charge in [-0.1, -0.05) is 32.4 Å². The van der Waals surface area contributed by atoms with Gasteiger partial charge in [-0.05, 0) is 36.5 Å². The zero-order valence-electron chi connectivity index (χ0n) is 14.1. The second-order valence-corrected chi connectivity index (χ2v) is 7.15. The Hall–Kier alpha value is -1.55. The number of aliphatic hydroxyl groups is 1. The standard InChI is InChI=1S/C19H27NO3/c1-13(2)15-7-4-8-16(11-15)23-18-9-10-20(12-17(18)21)19(22)14-5-3-6-14/h4,7-8,11,13-14,17-18,21H,3,5-6,9-10,12H2,1-2H3/t17-,18-/m1/s1. The second kappa shape index (κ2) is 6.91. The third-order valence-electron chi connectivity index (χ3n) is 5.10. The van der Waals surface area contributed by atoms with E-state index in [9.17, 15) is 9.90 Å². The number of β-amino-alcohol motifs (C(OH)–C–C–N with tert-alkyl or cyclic N) is 1. The molecule has 0 spiro atoms. The lowest BCUT2D eigenvalue weighted by molar-refractivity contribution is -0.143. The van der Waals surface area contributed by atoms with E-state index < -0.39 is 6.10 Å². The first kappa shape index (κ1) is 16.3. The fourth-order valence-corrected chi connectivity index (χ4v) is 3.28. The lowest BCUT2D eigenvalue weighted by Crippen LogP contribution is -2.53. The molecule has 4 nitrogen and oxygen atoms in total. The highest BCUT2D eigenvalue weighted by Gasteiger charge is 2.36. The smallest absolute Gasteiger partial charge is 0.225 e. The quantitative estimate of drug-likeness (QED) is 0.929. The maximum absolute atomic E-state index is 12.3. The molecule has 1 aromatic rings. The first-order valence-corrected chi connectivity index (χ1v) is 8.78. The van der Waals surface area contributed by atoms with Crippen molar-refractivity contribution in [2.45, 2.75) is 57.7 Å². The number of ether oxygens (including phenoxy) is 1. The highest BCUT2D eigenvalue weighted by Crippen LogP contribution is 2.30. The number of carbonyl (C=O) groups is 1. The average Bonchev–Trinajstić information content (AvgIpc) is 2.47. The summed E-state index contributed by atoms with van der Waals surface area (Å²) >= 11 is 0. The number of amides is 1. The van der Waals surface area contributed by atoms with Crippen molar-refractivity contribution < 1.29 is 14.6 Å². The van der Waals surface area contributed by atoms with Crippen molar-refractivity contribution in [1.29, 1.82) is 0 Å². The highest BCUT2D eigenvalue weighted by atomic mass is 16.5. The number of benzene rings is 1. The van der Waals surface area contributed by atoms with Gasteiger partial charge in [-0.3, -0.25) is 4.79 Å². The molecular formula is C19H27NO3. The molecule has 1 saturated carbocycles. The van der Waals surface area contributed by atoms with Gasteiger partial charge in [0.05, 0.1) is 6.54 Å². The number of hydrogen-bond acceptors (Lipinski definition) is 3. The number of piperidine rings is 1. The van der Waals surface area contributed by atoms with Crippen LogP contribution in [0.5, 0.6) is 5.75 Å². The fraction of sp³-hybridized carbons (Fsp3) is 0.632. The Kier molecular flexibility index (Phi) is 4.90. The molecule has 2 aliphatic rings. The summed E-state index contributed by atoms with van der Waals surface area (Å²) in [5, 5.41) is 10.4. The Labute approximate surface area is 138 Å². The van der Waals surface area contributed by atoms with Gasteiger partial charge >= 0.3 is 0 Å². The number of aliphatic hydroxyl groups excluding tert-OH is 1. The van der Waals surface area contributed by atoms with E-state index in [4.69, 9.17) is 4.74 Å². The van der Waals surface area contributed by atoms with Crippen molar-refractivity contribution in [1.82, 2.24) is 4.90 Å². The van der Waals surface area contributed by atoms with Crippen LogP contribution in [-0.4, -0.2) is 41.2 Å². The number of likely N-dealkylation sites (tertiary alicyclic amines) is 1. The fourth-order valence-electron chi connectivity index (χ4n) is 3.28. The Morgan fingerprint density at radius 3 is 2.70 bits per heavy atom. The summed E-state index contributed by atoms with van der Waals surface area (Å²) in [4.78, 5) is 14.1. The van der Waals surface area contributed by atoms with Gasteiger partial charge in [0.2, 0.25) is 5.91 Å². The molecule has 2 fully saturated rings. The molecule has 3 rings (SSSR count). The zero-order valence-corrected chi connectivity index (χ0v) is 14.1. The summed E-state index contributed by atoms with van der Waals surface area (Å²) < 4.78 is 6.00. The van der Waals surface area contributed by atoms with E-state index in [1.165, 1.54) is 5.56 Å². The van der Waals surface area contributed by atoms with Crippen LogP contribution in [0.3, 0.4) is 0 Å². The van der Waals surface area contributed by atoms with Gasteiger partial charge < -0.3 is 14.7 Å². The van der Waals surface area contributed by atoms with E-state index in [0.717, 1.165) is 25.0 Å². The van der Waals surface area contributed by atoms with Gasteiger partial charge in [0.25, 0.3) is 0 Å². The molecule has 23 heavy (non-hydrogen) atoms. The maximum Gasteiger partial charge on any atom is 0.225 e. The van der Waals surface area contributed by atoms with Crippen LogP contribution in [0.4, 0.5) is 0 Å². The lowest BCUT2D eigenvalue weighted by Gasteiger charge is -2.39. The summed E-state index contributed by atoms with van der Waals surface area (Å²) in [6, 6.07) is 8.06. The molecule has 4 heteroatoms. The molecule has 1 aliphatic carbocycles. The summed E-state index contributed by atoms with van der Waals surface area (Å²) in [6.45, 7) is 5.38. The molecule has 1 amide bonds. The van der Waals surface area contributed by atoms with Crippen molar-refractivity contribution in [3.63, 3.8) is 0 Å². The van der Waals surface area contributed by atoms with E-state index in [0.29, 0.717) is 25.4 Å². The van der Waals surface area contributed by atoms with Gasteiger partial charge in [-0.2, -0.15) is 0 Å². The summed E-state index contributed by atoms with van der Waals surface area (Å²) in [5.41, 5.74) is 1.23.